The normalized spacial score (nSPS) is 20.4. The molecule has 3 N–H and O–H groups in total. The molecule has 1 aliphatic rings. The van der Waals surface area contributed by atoms with Crippen LogP contribution in [0.15, 0.2) is 12.3 Å². The summed E-state index contributed by atoms with van der Waals surface area (Å²) in [6.45, 7) is 6.59. The van der Waals surface area contributed by atoms with Gasteiger partial charge in [0.25, 0.3) is 5.91 Å². The van der Waals surface area contributed by atoms with Crippen molar-refractivity contribution in [2.75, 3.05) is 24.5 Å². The molecule has 2 heterocycles. The van der Waals surface area contributed by atoms with Crippen molar-refractivity contribution >= 4 is 11.7 Å². The molecule has 5 heteroatoms. The fraction of sp³-hybridized carbons (Fsp3) is 0.500. The van der Waals surface area contributed by atoms with Crippen LogP contribution < -0.4 is 16.0 Å². The summed E-state index contributed by atoms with van der Waals surface area (Å²) < 4.78 is 0. The molecule has 1 aliphatic heterocycles. The van der Waals surface area contributed by atoms with E-state index in [0.717, 1.165) is 25.2 Å². The zero-order chi connectivity index (χ0) is 12.4. The van der Waals surface area contributed by atoms with E-state index in [2.05, 4.69) is 22.1 Å². The van der Waals surface area contributed by atoms with E-state index in [-0.39, 0.29) is 0 Å². The van der Waals surface area contributed by atoms with E-state index >= 15 is 0 Å². The van der Waals surface area contributed by atoms with Crippen LogP contribution in [0.25, 0.3) is 0 Å². The third kappa shape index (κ3) is 2.39. The Bertz CT molecular complexity index is 433. The van der Waals surface area contributed by atoms with Gasteiger partial charge in [0, 0.05) is 31.9 Å². The lowest BCUT2D eigenvalue weighted by molar-refractivity contribution is 0.0999. The Morgan fingerprint density at radius 3 is 3.06 bits per heavy atom. The molecule has 1 amide bonds. The van der Waals surface area contributed by atoms with E-state index in [0.29, 0.717) is 17.4 Å². The molecule has 0 aromatic carbocycles. The number of anilines is 1. The van der Waals surface area contributed by atoms with E-state index < -0.39 is 5.91 Å². The van der Waals surface area contributed by atoms with Crippen molar-refractivity contribution in [3.8, 4) is 0 Å². The molecule has 1 aromatic rings. The van der Waals surface area contributed by atoms with Crippen LogP contribution in [-0.2, 0) is 0 Å². The Morgan fingerprint density at radius 2 is 2.41 bits per heavy atom. The van der Waals surface area contributed by atoms with E-state index in [1.165, 1.54) is 0 Å². The number of nitrogens with zero attached hydrogens (tertiary/aromatic N) is 2. The Balaban J connectivity index is 2.37. The fourth-order valence-corrected chi connectivity index (χ4v) is 2.21. The second kappa shape index (κ2) is 4.71. The zero-order valence-electron chi connectivity index (χ0n) is 10.2. The van der Waals surface area contributed by atoms with Crippen molar-refractivity contribution in [2.45, 2.75) is 19.9 Å². The predicted octanol–water partition coefficient (Wildman–Crippen LogP) is 0.287. The molecule has 5 nitrogen and oxygen atoms in total. The lowest BCUT2D eigenvalue weighted by Crippen LogP contribution is -2.50. The lowest BCUT2D eigenvalue weighted by Gasteiger charge is -2.33. The summed E-state index contributed by atoms with van der Waals surface area (Å²) in [6, 6.07) is 2.21. The average Bonchev–Trinajstić information content (AvgIpc) is 2.28. The van der Waals surface area contributed by atoms with Gasteiger partial charge >= 0.3 is 0 Å². The van der Waals surface area contributed by atoms with Gasteiger partial charge in [-0.05, 0) is 25.5 Å². The molecule has 1 fully saturated rings. The third-order valence-corrected chi connectivity index (χ3v) is 3.05. The van der Waals surface area contributed by atoms with Crippen LogP contribution in [0.4, 0.5) is 5.82 Å². The van der Waals surface area contributed by atoms with E-state index in [1.54, 1.807) is 6.20 Å². The summed E-state index contributed by atoms with van der Waals surface area (Å²) in [6.07, 6.45) is 1.73. The maximum Gasteiger partial charge on any atom is 0.252 e. The Kier molecular flexibility index (Phi) is 3.28. The first-order valence-electron chi connectivity index (χ1n) is 5.83. The quantitative estimate of drug-likeness (QED) is 0.771. The van der Waals surface area contributed by atoms with Gasteiger partial charge in [0.1, 0.15) is 5.82 Å². The van der Waals surface area contributed by atoms with Crippen LogP contribution in [0.2, 0.25) is 0 Å². The van der Waals surface area contributed by atoms with E-state index in [9.17, 15) is 4.79 Å². The largest absolute Gasteiger partial charge is 0.365 e. The van der Waals surface area contributed by atoms with Crippen molar-refractivity contribution in [1.82, 2.24) is 10.3 Å². The highest BCUT2D eigenvalue weighted by Gasteiger charge is 2.22. The van der Waals surface area contributed by atoms with Crippen LogP contribution >= 0.6 is 0 Å². The SMILES string of the molecule is Cc1ccnc(N2CCN[C@H](C)C2)c1C(N)=O. The molecular weight excluding hydrogens is 216 g/mol. The number of nitrogens with two attached hydrogens (primary N) is 1. The minimum Gasteiger partial charge on any atom is -0.365 e. The van der Waals surface area contributed by atoms with Crippen molar-refractivity contribution in [3.63, 3.8) is 0 Å². The van der Waals surface area contributed by atoms with Crippen molar-refractivity contribution in [2.24, 2.45) is 5.73 Å². The van der Waals surface area contributed by atoms with Gasteiger partial charge in [-0.2, -0.15) is 0 Å². The highest BCUT2D eigenvalue weighted by atomic mass is 16.1. The number of amides is 1. The Hall–Kier alpha value is -1.62. The maximum absolute atomic E-state index is 11.5. The monoisotopic (exact) mass is 234 g/mol. The second-order valence-electron chi connectivity index (χ2n) is 4.49. The lowest BCUT2D eigenvalue weighted by atomic mass is 10.1. The molecule has 0 unspecified atom stereocenters. The summed E-state index contributed by atoms with van der Waals surface area (Å²) in [4.78, 5) is 17.9. The van der Waals surface area contributed by atoms with Crippen LogP contribution in [0, 0.1) is 6.92 Å². The maximum atomic E-state index is 11.5. The Morgan fingerprint density at radius 1 is 1.65 bits per heavy atom. The summed E-state index contributed by atoms with van der Waals surface area (Å²) in [5.74, 6) is 0.308. The molecule has 0 radical (unpaired) electrons. The molecule has 0 spiro atoms. The first-order chi connectivity index (χ1) is 8.09. The molecule has 1 aromatic heterocycles. The standard InChI is InChI=1S/C12H18N4O/c1-8-3-4-15-12(10(8)11(13)17)16-6-5-14-9(2)7-16/h3-4,9,14H,5-7H2,1-2H3,(H2,13,17)/t9-/m1/s1. The van der Waals surface area contributed by atoms with E-state index in [4.69, 9.17) is 5.73 Å². The molecule has 1 atom stereocenters. The van der Waals surface area contributed by atoms with Gasteiger partial charge in [0.05, 0.1) is 5.56 Å². The van der Waals surface area contributed by atoms with Gasteiger partial charge < -0.3 is 16.0 Å². The number of aromatic nitrogens is 1. The number of primary amides is 1. The number of pyridine rings is 1. The van der Waals surface area contributed by atoms with Gasteiger partial charge in [0.15, 0.2) is 0 Å². The number of hydrogen-bond donors (Lipinski definition) is 2. The highest BCUT2D eigenvalue weighted by molar-refractivity contribution is 5.99. The van der Waals surface area contributed by atoms with Crippen LogP contribution in [0.3, 0.4) is 0 Å². The van der Waals surface area contributed by atoms with E-state index in [1.807, 2.05) is 13.0 Å². The van der Waals surface area contributed by atoms with Crippen molar-refractivity contribution in [1.29, 1.82) is 0 Å². The number of carbonyl (C=O) groups is 1. The number of rotatable bonds is 2. The number of nitrogens with one attached hydrogen (secondary N) is 1. The molecule has 0 saturated carbocycles. The third-order valence-electron chi connectivity index (χ3n) is 3.05. The summed E-state index contributed by atoms with van der Waals surface area (Å²) in [5.41, 5.74) is 6.86. The summed E-state index contributed by atoms with van der Waals surface area (Å²) in [7, 11) is 0. The first kappa shape index (κ1) is 11.9. The minimum atomic E-state index is -0.406. The van der Waals surface area contributed by atoms with Gasteiger partial charge in [-0.1, -0.05) is 0 Å². The van der Waals surface area contributed by atoms with Crippen LogP contribution in [0.1, 0.15) is 22.8 Å². The summed E-state index contributed by atoms with van der Waals surface area (Å²) in [5, 5.41) is 3.36. The molecule has 92 valence electrons. The highest BCUT2D eigenvalue weighted by Crippen LogP contribution is 2.21. The van der Waals surface area contributed by atoms with Crippen LogP contribution in [0.5, 0.6) is 0 Å². The Labute approximate surface area is 101 Å². The summed E-state index contributed by atoms with van der Waals surface area (Å²) >= 11 is 0. The van der Waals surface area contributed by atoms with Crippen molar-refractivity contribution < 1.29 is 4.79 Å². The molecule has 17 heavy (non-hydrogen) atoms. The number of hydrogen-bond acceptors (Lipinski definition) is 4. The van der Waals surface area contributed by atoms with Gasteiger partial charge in [-0.3, -0.25) is 4.79 Å². The molecule has 1 saturated heterocycles. The minimum absolute atomic E-state index is 0.395. The van der Waals surface area contributed by atoms with Gasteiger partial charge in [-0.25, -0.2) is 4.98 Å². The average molecular weight is 234 g/mol. The zero-order valence-corrected chi connectivity index (χ0v) is 10.2. The smallest absolute Gasteiger partial charge is 0.252 e. The topological polar surface area (TPSA) is 71.2 Å². The first-order valence-corrected chi connectivity index (χ1v) is 5.83. The number of piperazine rings is 1. The van der Waals surface area contributed by atoms with Gasteiger partial charge in [-0.15, -0.1) is 0 Å². The fourth-order valence-electron chi connectivity index (χ4n) is 2.21. The predicted molar refractivity (Wildman–Crippen MR) is 67.2 cm³/mol. The molecule has 0 bridgehead atoms. The molecular formula is C12H18N4O. The molecule has 0 aliphatic carbocycles. The number of aryl methyl sites for hydroxylation is 1. The number of carbonyl (C=O) groups excluding carboxylic acids is 1. The van der Waals surface area contributed by atoms with Crippen LogP contribution in [-0.4, -0.2) is 36.6 Å². The van der Waals surface area contributed by atoms with Crippen molar-refractivity contribution in [3.05, 3.63) is 23.4 Å². The molecule has 2 rings (SSSR count). The van der Waals surface area contributed by atoms with Gasteiger partial charge in [0.2, 0.25) is 0 Å². The second-order valence-corrected chi connectivity index (χ2v) is 4.49.